The molecule has 1 rings (SSSR count). The van der Waals surface area contributed by atoms with Crippen LogP contribution < -0.4 is 16.0 Å². The Balaban J connectivity index is 2.36. The molecule has 3 amide bonds. The Morgan fingerprint density at radius 2 is 0.449 bits per heavy atom. The van der Waals surface area contributed by atoms with Crippen LogP contribution in [0.25, 0.3) is 0 Å². The van der Waals surface area contributed by atoms with Crippen molar-refractivity contribution in [3.63, 3.8) is 0 Å². The zero-order valence-electron chi connectivity index (χ0n) is 46.9. The van der Waals surface area contributed by atoms with Crippen molar-refractivity contribution >= 4 is 17.7 Å². The highest BCUT2D eigenvalue weighted by atomic mass is 16.2. The van der Waals surface area contributed by atoms with E-state index in [2.05, 4.69) is 48.9 Å². The monoisotopic (exact) mass is 968 g/mol. The highest BCUT2D eigenvalue weighted by molar-refractivity contribution is 5.86. The minimum atomic E-state index is -0.287. The number of rotatable bonds is 53. The third-order valence-electron chi connectivity index (χ3n) is 15.5. The lowest BCUT2D eigenvalue weighted by atomic mass is 9.74. The number of carbonyl (C=O) groups is 3. The molecule has 0 bridgehead atoms. The maximum Gasteiger partial charge on any atom is 0.223 e. The summed E-state index contributed by atoms with van der Waals surface area (Å²) < 4.78 is 0. The lowest BCUT2D eigenvalue weighted by molar-refractivity contribution is -0.134. The molecule has 1 aliphatic carbocycles. The number of nitrogens with one attached hydrogen (secondary N) is 3. The summed E-state index contributed by atoms with van der Waals surface area (Å²) in [6, 6.07) is 0. The first-order valence-electron chi connectivity index (χ1n) is 31.5. The van der Waals surface area contributed by atoms with Crippen LogP contribution in [-0.2, 0) is 14.4 Å². The lowest BCUT2D eigenvalue weighted by Crippen LogP contribution is -2.45. The van der Waals surface area contributed by atoms with Gasteiger partial charge >= 0.3 is 0 Å². The number of hydrogen-bond donors (Lipinski definition) is 3. The molecule has 6 heteroatoms. The molecule has 0 aromatic rings. The lowest BCUT2D eigenvalue weighted by Gasteiger charge is -2.33. The summed E-state index contributed by atoms with van der Waals surface area (Å²) in [4.78, 5) is 40.7. The number of hydrogen-bond acceptors (Lipinski definition) is 3. The fourth-order valence-corrected chi connectivity index (χ4v) is 10.7. The smallest absolute Gasteiger partial charge is 0.223 e. The van der Waals surface area contributed by atoms with Crippen LogP contribution in [0.3, 0.4) is 0 Å². The molecule has 3 atom stereocenters. The van der Waals surface area contributed by atoms with Crippen LogP contribution in [0.5, 0.6) is 0 Å². The van der Waals surface area contributed by atoms with E-state index in [1.807, 2.05) is 0 Å². The van der Waals surface area contributed by atoms with E-state index in [1.54, 1.807) is 0 Å². The molecule has 1 aliphatic rings. The number of allylic oxidation sites excluding steroid dienone is 2. The summed E-state index contributed by atoms with van der Waals surface area (Å²) in [5.41, 5.74) is 0. The highest BCUT2D eigenvalue weighted by Gasteiger charge is 2.38. The van der Waals surface area contributed by atoms with Gasteiger partial charge in [-0.25, -0.2) is 0 Å². The van der Waals surface area contributed by atoms with Crippen molar-refractivity contribution in [1.82, 2.24) is 16.0 Å². The molecule has 3 N–H and O–H groups in total. The fraction of sp³-hybridized carbons (Fsp3) is 0.921. The van der Waals surface area contributed by atoms with Crippen molar-refractivity contribution in [2.24, 2.45) is 17.8 Å². The quantitative estimate of drug-likeness (QED) is 0.0419. The summed E-state index contributed by atoms with van der Waals surface area (Å²) in [7, 11) is 0. The van der Waals surface area contributed by atoms with Crippen molar-refractivity contribution in [2.45, 2.75) is 335 Å². The largest absolute Gasteiger partial charge is 0.356 e. The van der Waals surface area contributed by atoms with Gasteiger partial charge in [-0.05, 0) is 64.2 Å². The first-order chi connectivity index (χ1) is 34.0. The predicted molar refractivity (Wildman–Crippen MR) is 302 cm³/mol. The average molecular weight is 969 g/mol. The van der Waals surface area contributed by atoms with Crippen LogP contribution in [0.2, 0.25) is 0 Å². The Morgan fingerprint density at radius 3 is 0.652 bits per heavy atom. The summed E-state index contributed by atoms with van der Waals surface area (Å²) in [5.74, 6) is -0.742. The van der Waals surface area contributed by atoms with Gasteiger partial charge in [0.15, 0.2) is 0 Å². The Morgan fingerprint density at radius 1 is 0.275 bits per heavy atom. The first kappa shape index (κ1) is 65.2. The van der Waals surface area contributed by atoms with Gasteiger partial charge in [0.05, 0.1) is 0 Å². The van der Waals surface area contributed by atoms with Gasteiger partial charge in [-0.2, -0.15) is 0 Å². The number of carbonyl (C=O) groups excluding carboxylic acids is 3. The highest BCUT2D eigenvalue weighted by Crippen LogP contribution is 2.34. The molecule has 0 radical (unpaired) electrons. The van der Waals surface area contributed by atoms with Crippen molar-refractivity contribution < 1.29 is 14.4 Å². The van der Waals surface area contributed by atoms with E-state index in [0.29, 0.717) is 38.9 Å². The van der Waals surface area contributed by atoms with Gasteiger partial charge in [0, 0.05) is 37.4 Å². The summed E-state index contributed by atoms with van der Waals surface area (Å²) in [6.07, 6.45) is 67.0. The van der Waals surface area contributed by atoms with E-state index >= 15 is 0 Å². The van der Waals surface area contributed by atoms with Gasteiger partial charge in [-0.1, -0.05) is 283 Å². The average Bonchev–Trinajstić information content (AvgIpc) is 3.36. The minimum absolute atomic E-state index is 0.0358. The van der Waals surface area contributed by atoms with Crippen LogP contribution in [0.4, 0.5) is 0 Å². The summed E-state index contributed by atoms with van der Waals surface area (Å²) >= 11 is 0. The van der Waals surface area contributed by atoms with Crippen LogP contribution >= 0.6 is 0 Å². The molecule has 0 spiro atoms. The zero-order chi connectivity index (χ0) is 49.8. The fourth-order valence-electron chi connectivity index (χ4n) is 10.7. The second-order valence-electron chi connectivity index (χ2n) is 22.2. The van der Waals surface area contributed by atoms with Crippen molar-refractivity contribution in [1.29, 1.82) is 0 Å². The Bertz CT molecular complexity index is 1080. The molecular weight excluding hydrogens is 847 g/mol. The van der Waals surface area contributed by atoms with Gasteiger partial charge in [0.1, 0.15) is 0 Å². The molecule has 1 saturated carbocycles. The van der Waals surface area contributed by atoms with E-state index in [4.69, 9.17) is 0 Å². The molecule has 69 heavy (non-hydrogen) atoms. The predicted octanol–water partition coefficient (Wildman–Crippen LogP) is 18.9. The van der Waals surface area contributed by atoms with Crippen LogP contribution in [0.1, 0.15) is 335 Å². The number of amides is 3. The van der Waals surface area contributed by atoms with Crippen LogP contribution in [-0.4, -0.2) is 37.4 Å². The van der Waals surface area contributed by atoms with Gasteiger partial charge in [0.2, 0.25) is 17.7 Å². The maximum absolute atomic E-state index is 13.6. The van der Waals surface area contributed by atoms with E-state index in [-0.39, 0.29) is 35.5 Å². The van der Waals surface area contributed by atoms with Crippen molar-refractivity contribution in [3.8, 4) is 0 Å². The Kier molecular flexibility index (Phi) is 49.6. The Labute approximate surface area is 431 Å². The molecule has 1 fully saturated rings. The summed E-state index contributed by atoms with van der Waals surface area (Å²) in [5, 5.41) is 9.66. The van der Waals surface area contributed by atoms with Gasteiger partial charge in [-0.3, -0.25) is 14.4 Å². The molecule has 0 aromatic carbocycles. The third kappa shape index (κ3) is 43.5. The molecule has 0 saturated heterocycles. The van der Waals surface area contributed by atoms with Crippen LogP contribution in [0.15, 0.2) is 12.2 Å². The van der Waals surface area contributed by atoms with E-state index in [1.165, 1.54) is 257 Å². The molecular formula is C63H121N3O3. The summed E-state index contributed by atoms with van der Waals surface area (Å²) in [6.45, 7) is 8.92. The molecule has 1 unspecified atom stereocenters. The SMILES string of the molecule is CCCCCCCC/C=C\CCCCCCCCNC(=O)C1C[C@@H](C(=O)NCCCCCCCCCCCCCCCCCC)C[C@@H](C(=O)NCCCCCCCCCCCCCCCCCC)C1. The molecule has 406 valence electrons. The minimum Gasteiger partial charge on any atom is -0.356 e. The second kappa shape index (κ2) is 52.5. The third-order valence-corrected chi connectivity index (χ3v) is 15.5. The Hall–Kier alpha value is -1.85. The topological polar surface area (TPSA) is 87.3 Å². The van der Waals surface area contributed by atoms with Gasteiger partial charge < -0.3 is 16.0 Å². The van der Waals surface area contributed by atoms with Crippen LogP contribution in [0, 0.1) is 17.8 Å². The van der Waals surface area contributed by atoms with Gasteiger partial charge in [-0.15, -0.1) is 0 Å². The normalized spacial score (nSPS) is 16.1. The van der Waals surface area contributed by atoms with Crippen molar-refractivity contribution in [3.05, 3.63) is 12.2 Å². The van der Waals surface area contributed by atoms with E-state index in [0.717, 1.165) is 38.5 Å². The maximum atomic E-state index is 13.6. The number of unbranched alkanes of at least 4 members (excludes halogenated alkanes) is 42. The molecule has 0 aliphatic heterocycles. The molecule has 0 heterocycles. The van der Waals surface area contributed by atoms with E-state index < -0.39 is 0 Å². The second-order valence-corrected chi connectivity index (χ2v) is 22.2. The van der Waals surface area contributed by atoms with Gasteiger partial charge in [0.25, 0.3) is 0 Å². The molecule has 6 nitrogen and oxygen atoms in total. The molecule has 0 aromatic heterocycles. The zero-order valence-corrected chi connectivity index (χ0v) is 46.9. The van der Waals surface area contributed by atoms with Crippen molar-refractivity contribution in [2.75, 3.05) is 19.6 Å². The standard InChI is InChI=1S/C63H121N3O3/c1-4-7-10-13-16-19-22-25-28-31-34-37-40-43-46-49-52-64-61(67)58-55-59(62(68)65-53-50-47-44-41-38-35-32-29-26-23-20-17-14-11-8-5-2)57-60(56-58)63(69)66-54-51-48-45-42-39-36-33-30-27-24-21-18-15-12-9-6-3/h25,28,58-60H,4-24,26-27,29-57H2,1-3H3,(H,64,67)(H,65,68)(H,66,69)/b28-25-/t58?,59-,60+. The first-order valence-corrected chi connectivity index (χ1v) is 31.5. The van der Waals surface area contributed by atoms with E-state index in [9.17, 15) is 14.4 Å².